The van der Waals surface area contributed by atoms with Crippen LogP contribution in [0.2, 0.25) is 0 Å². The molecule has 0 saturated carbocycles. The number of ether oxygens (including phenoxy) is 1. The Balaban J connectivity index is 2.02. The summed E-state index contributed by atoms with van der Waals surface area (Å²) < 4.78 is 6.29. The highest BCUT2D eigenvalue weighted by Gasteiger charge is 2.45. The molecule has 0 saturated heterocycles. The largest absolute Gasteiger partial charge is 0.507 e. The molecule has 3 atom stereocenters. The maximum Gasteiger partial charge on any atom is 0.127 e. The van der Waals surface area contributed by atoms with E-state index in [0.717, 1.165) is 29.7 Å². The second-order valence-corrected chi connectivity index (χ2v) is 7.70. The summed E-state index contributed by atoms with van der Waals surface area (Å²) in [7, 11) is 0. The first-order valence-corrected chi connectivity index (χ1v) is 8.89. The molecule has 3 rings (SSSR count). The summed E-state index contributed by atoms with van der Waals surface area (Å²) in [5.74, 6) is 1.76. The average Bonchev–Trinajstić information content (AvgIpc) is 2.51. The minimum atomic E-state index is -0.462. The molecule has 0 radical (unpaired) electrons. The van der Waals surface area contributed by atoms with E-state index < -0.39 is 6.10 Å². The topological polar surface area (TPSA) is 49.7 Å². The van der Waals surface area contributed by atoms with Crippen molar-refractivity contribution in [2.75, 3.05) is 0 Å². The lowest BCUT2D eigenvalue weighted by Crippen LogP contribution is -2.45. The number of rotatable bonds is 3. The van der Waals surface area contributed by atoms with E-state index in [0.29, 0.717) is 24.0 Å². The van der Waals surface area contributed by atoms with Gasteiger partial charge in [-0.05, 0) is 57.7 Å². The summed E-state index contributed by atoms with van der Waals surface area (Å²) >= 11 is 0. The van der Waals surface area contributed by atoms with Crippen LogP contribution in [0, 0.1) is 5.92 Å². The molecule has 1 aromatic carbocycles. The first kappa shape index (κ1) is 17.1. The molecule has 1 aliphatic heterocycles. The van der Waals surface area contributed by atoms with Crippen molar-refractivity contribution in [2.24, 2.45) is 5.92 Å². The molecule has 0 bridgehead atoms. The molecular weight excluding hydrogens is 300 g/mol. The van der Waals surface area contributed by atoms with Crippen molar-refractivity contribution < 1.29 is 14.9 Å². The van der Waals surface area contributed by atoms with E-state index >= 15 is 0 Å². The van der Waals surface area contributed by atoms with Gasteiger partial charge in [0.05, 0.1) is 6.10 Å². The molecule has 0 aromatic heterocycles. The van der Waals surface area contributed by atoms with Crippen LogP contribution in [-0.4, -0.2) is 21.9 Å². The van der Waals surface area contributed by atoms with E-state index in [9.17, 15) is 10.2 Å². The third kappa shape index (κ3) is 3.10. The predicted octanol–water partition coefficient (Wildman–Crippen LogP) is 4.79. The lowest BCUT2D eigenvalue weighted by atomic mass is 9.67. The van der Waals surface area contributed by atoms with E-state index in [-0.39, 0.29) is 5.60 Å². The van der Waals surface area contributed by atoms with Gasteiger partial charge < -0.3 is 14.9 Å². The van der Waals surface area contributed by atoms with Crippen LogP contribution < -0.4 is 4.74 Å². The van der Waals surface area contributed by atoms with E-state index in [1.54, 1.807) is 12.1 Å². The number of aliphatic hydroxyl groups excluding tert-OH is 1. The predicted molar refractivity (Wildman–Crippen MR) is 97.4 cm³/mol. The molecule has 3 nitrogen and oxygen atoms in total. The molecule has 2 aliphatic rings. The molecular formula is C21H28O3. The molecule has 1 aliphatic carbocycles. The fourth-order valence-corrected chi connectivity index (χ4v) is 4.04. The van der Waals surface area contributed by atoms with E-state index in [1.165, 1.54) is 5.57 Å². The number of phenolic OH excluding ortho intramolecular Hbond substituents is 1. The number of hydrogen-bond donors (Lipinski definition) is 2. The van der Waals surface area contributed by atoms with Gasteiger partial charge in [0.1, 0.15) is 17.1 Å². The minimum absolute atomic E-state index is 0.257. The Labute approximate surface area is 144 Å². The maximum absolute atomic E-state index is 10.7. The molecule has 0 spiro atoms. The molecule has 24 heavy (non-hydrogen) atoms. The monoisotopic (exact) mass is 328 g/mol. The molecule has 0 fully saturated rings. The molecule has 3 unspecified atom stereocenters. The van der Waals surface area contributed by atoms with Crippen LogP contribution >= 0.6 is 0 Å². The number of allylic oxidation sites excluding steroid dienone is 2. The SMILES string of the molecule is CCC(O)C=Cc1cc(O)c2c(c1)OC(C)(C)C1CC=C(C)CC21. The Kier molecular flexibility index (Phi) is 4.48. The second-order valence-electron chi connectivity index (χ2n) is 7.70. The van der Waals surface area contributed by atoms with Crippen LogP contribution in [0.15, 0.2) is 29.9 Å². The standard InChI is InChI=1S/C21H28O3/c1-5-15(22)8-7-14-11-18(23)20-16-10-13(2)6-9-17(16)21(3,4)24-19(20)12-14/h6-8,11-12,15-17,22-23H,5,9-10H2,1-4H3. The zero-order valence-corrected chi connectivity index (χ0v) is 15.0. The van der Waals surface area contributed by atoms with Crippen molar-refractivity contribution in [3.8, 4) is 11.5 Å². The zero-order valence-electron chi connectivity index (χ0n) is 15.0. The molecule has 2 N–H and O–H groups in total. The van der Waals surface area contributed by atoms with Crippen LogP contribution in [0.4, 0.5) is 0 Å². The van der Waals surface area contributed by atoms with Gasteiger partial charge in [-0.1, -0.05) is 30.7 Å². The summed E-state index contributed by atoms with van der Waals surface area (Å²) in [6, 6.07) is 3.77. The Morgan fingerprint density at radius 2 is 2.12 bits per heavy atom. The lowest BCUT2D eigenvalue weighted by molar-refractivity contribution is 0.00760. The average molecular weight is 328 g/mol. The molecule has 1 heterocycles. The number of aliphatic hydroxyl groups is 1. The summed E-state index contributed by atoms with van der Waals surface area (Å²) in [5, 5.41) is 20.4. The van der Waals surface area contributed by atoms with Crippen LogP contribution in [0.25, 0.3) is 6.08 Å². The number of hydrogen-bond acceptors (Lipinski definition) is 3. The lowest BCUT2D eigenvalue weighted by Gasteiger charge is -2.47. The van der Waals surface area contributed by atoms with E-state index in [1.807, 2.05) is 19.1 Å². The van der Waals surface area contributed by atoms with Crippen molar-refractivity contribution in [3.05, 3.63) is 41.0 Å². The van der Waals surface area contributed by atoms with Gasteiger partial charge in [-0.25, -0.2) is 0 Å². The van der Waals surface area contributed by atoms with Crippen LogP contribution in [0.1, 0.15) is 64.0 Å². The highest BCUT2D eigenvalue weighted by atomic mass is 16.5. The summed E-state index contributed by atoms with van der Waals surface area (Å²) in [4.78, 5) is 0. The van der Waals surface area contributed by atoms with Crippen molar-refractivity contribution >= 4 is 6.08 Å². The maximum atomic E-state index is 10.7. The number of benzene rings is 1. The summed E-state index contributed by atoms with van der Waals surface area (Å²) in [6.45, 7) is 8.38. The molecule has 3 heteroatoms. The summed E-state index contributed by atoms with van der Waals surface area (Å²) in [6.07, 6.45) is 8.09. The number of fused-ring (bicyclic) bond motifs is 3. The highest BCUT2D eigenvalue weighted by molar-refractivity contribution is 5.61. The van der Waals surface area contributed by atoms with E-state index in [2.05, 4.69) is 26.8 Å². The fraction of sp³-hybridized carbons (Fsp3) is 0.524. The number of phenols is 1. The van der Waals surface area contributed by atoms with Gasteiger partial charge in [0.15, 0.2) is 0 Å². The Morgan fingerprint density at radius 1 is 1.38 bits per heavy atom. The Bertz CT molecular complexity index is 685. The van der Waals surface area contributed by atoms with Gasteiger partial charge in [-0.15, -0.1) is 0 Å². The quantitative estimate of drug-likeness (QED) is 0.785. The zero-order chi connectivity index (χ0) is 17.5. The van der Waals surface area contributed by atoms with Crippen molar-refractivity contribution in [2.45, 2.75) is 64.6 Å². The Hall–Kier alpha value is -1.74. The molecule has 0 amide bonds. The number of aromatic hydroxyl groups is 1. The third-order valence-electron chi connectivity index (χ3n) is 5.46. The van der Waals surface area contributed by atoms with Gasteiger partial charge in [0.25, 0.3) is 0 Å². The van der Waals surface area contributed by atoms with Gasteiger partial charge in [-0.3, -0.25) is 0 Å². The van der Waals surface area contributed by atoms with Crippen LogP contribution in [0.3, 0.4) is 0 Å². The van der Waals surface area contributed by atoms with Gasteiger partial charge in [-0.2, -0.15) is 0 Å². The molecule has 1 aromatic rings. The minimum Gasteiger partial charge on any atom is -0.507 e. The third-order valence-corrected chi connectivity index (χ3v) is 5.46. The van der Waals surface area contributed by atoms with Gasteiger partial charge in [0.2, 0.25) is 0 Å². The fourth-order valence-electron chi connectivity index (χ4n) is 4.04. The summed E-state index contributed by atoms with van der Waals surface area (Å²) in [5.41, 5.74) is 2.93. The smallest absolute Gasteiger partial charge is 0.127 e. The van der Waals surface area contributed by atoms with E-state index in [4.69, 9.17) is 4.74 Å². The normalized spacial score (nSPS) is 26.3. The van der Waals surface area contributed by atoms with Crippen molar-refractivity contribution in [3.63, 3.8) is 0 Å². The molecule has 130 valence electrons. The van der Waals surface area contributed by atoms with Crippen molar-refractivity contribution in [1.82, 2.24) is 0 Å². The van der Waals surface area contributed by atoms with Crippen LogP contribution in [-0.2, 0) is 0 Å². The van der Waals surface area contributed by atoms with Crippen molar-refractivity contribution in [1.29, 1.82) is 0 Å². The van der Waals surface area contributed by atoms with Crippen LogP contribution in [0.5, 0.6) is 11.5 Å². The van der Waals surface area contributed by atoms with Gasteiger partial charge in [0, 0.05) is 17.4 Å². The first-order valence-electron chi connectivity index (χ1n) is 8.89. The van der Waals surface area contributed by atoms with Gasteiger partial charge >= 0.3 is 0 Å². The first-order chi connectivity index (χ1) is 11.3. The second kappa shape index (κ2) is 6.29. The Morgan fingerprint density at radius 3 is 2.83 bits per heavy atom. The highest BCUT2D eigenvalue weighted by Crippen LogP contribution is 2.54.